The van der Waals surface area contributed by atoms with E-state index in [0.29, 0.717) is 22.8 Å². The van der Waals surface area contributed by atoms with Crippen molar-refractivity contribution in [2.24, 2.45) is 0 Å². The lowest BCUT2D eigenvalue weighted by Gasteiger charge is -2.40. The smallest absolute Gasteiger partial charge is 0.126 e. The Morgan fingerprint density at radius 3 is 2.68 bits per heavy atom. The SMILES string of the molecule is COc1cc(Cl)c(Cc2ncc(-c3ccsc3)s2)cc1[C@@H]1O[C@H](CO)[C@@H](O)[C@H](O)[C@H]1O. The molecular formula is C21H22ClNO6S2. The normalized spacial score (nSPS) is 26.2. The van der Waals surface area contributed by atoms with Crippen molar-refractivity contribution >= 4 is 34.3 Å². The van der Waals surface area contributed by atoms with E-state index in [9.17, 15) is 20.4 Å². The zero-order valence-corrected chi connectivity index (χ0v) is 18.9. The van der Waals surface area contributed by atoms with Crippen LogP contribution in [0.2, 0.25) is 5.02 Å². The molecule has 0 bridgehead atoms. The highest BCUT2D eigenvalue weighted by Gasteiger charge is 2.45. The second-order valence-electron chi connectivity index (χ2n) is 7.24. The Labute approximate surface area is 192 Å². The van der Waals surface area contributed by atoms with Crippen LogP contribution in [0.25, 0.3) is 10.4 Å². The van der Waals surface area contributed by atoms with Gasteiger partial charge in [0.15, 0.2) is 0 Å². The summed E-state index contributed by atoms with van der Waals surface area (Å²) in [7, 11) is 1.47. The maximum Gasteiger partial charge on any atom is 0.126 e. The molecule has 0 saturated carbocycles. The lowest BCUT2D eigenvalue weighted by atomic mass is 9.90. The van der Waals surface area contributed by atoms with E-state index in [-0.39, 0.29) is 0 Å². The van der Waals surface area contributed by atoms with E-state index in [4.69, 9.17) is 21.1 Å². The van der Waals surface area contributed by atoms with Crippen molar-refractivity contribution in [3.63, 3.8) is 0 Å². The van der Waals surface area contributed by atoms with Gasteiger partial charge in [0.05, 0.1) is 23.6 Å². The fraction of sp³-hybridized carbons (Fsp3) is 0.381. The molecule has 1 saturated heterocycles. The van der Waals surface area contributed by atoms with Crippen LogP contribution in [-0.4, -0.2) is 63.5 Å². The van der Waals surface area contributed by atoms with Crippen molar-refractivity contribution in [3.05, 3.63) is 56.3 Å². The summed E-state index contributed by atoms with van der Waals surface area (Å²) in [5.74, 6) is 0.371. The third-order valence-corrected chi connectivity index (χ3v) is 7.38. The van der Waals surface area contributed by atoms with E-state index in [1.807, 2.05) is 17.6 Å². The van der Waals surface area contributed by atoms with Crippen LogP contribution in [0.15, 0.2) is 35.2 Å². The zero-order chi connectivity index (χ0) is 22.1. The molecule has 0 spiro atoms. The number of benzene rings is 1. The maximum absolute atomic E-state index is 10.5. The van der Waals surface area contributed by atoms with Crippen molar-refractivity contribution in [1.29, 1.82) is 0 Å². The molecule has 166 valence electrons. The molecule has 1 fully saturated rings. The first-order valence-corrected chi connectivity index (χ1v) is 11.7. The van der Waals surface area contributed by atoms with Crippen LogP contribution >= 0.6 is 34.3 Å². The Balaban J connectivity index is 1.66. The van der Waals surface area contributed by atoms with Crippen molar-refractivity contribution in [2.45, 2.75) is 36.9 Å². The summed E-state index contributed by atoms with van der Waals surface area (Å²) < 4.78 is 11.1. The maximum atomic E-state index is 10.5. The standard InChI is InChI=1S/C21H22ClNO6S2/c1-28-14-6-13(22)11(5-17-23-7-16(31-17)10-2-3-30-9-10)4-12(14)21-20(27)19(26)18(25)15(8-24)29-21/h2-4,6-7,9,15,18-21,24-27H,5,8H2,1H3/t15-,18-,19+,20-,21+/m1/s1. The van der Waals surface area contributed by atoms with Gasteiger partial charge in [-0.3, -0.25) is 0 Å². The van der Waals surface area contributed by atoms with E-state index < -0.39 is 37.1 Å². The topological polar surface area (TPSA) is 112 Å². The summed E-state index contributed by atoms with van der Waals surface area (Å²) in [6, 6.07) is 5.42. The summed E-state index contributed by atoms with van der Waals surface area (Å²) in [5.41, 5.74) is 2.34. The molecule has 3 aromatic rings. The van der Waals surface area contributed by atoms with Crippen LogP contribution in [0, 0.1) is 0 Å². The molecular weight excluding hydrogens is 462 g/mol. The number of rotatable bonds is 6. The Hall–Kier alpha value is -1.56. The molecule has 1 aliphatic rings. The number of aliphatic hydroxyl groups excluding tert-OH is 4. The minimum Gasteiger partial charge on any atom is -0.496 e. The summed E-state index contributed by atoms with van der Waals surface area (Å²) >= 11 is 9.68. The van der Waals surface area contributed by atoms with Gasteiger partial charge >= 0.3 is 0 Å². The number of methoxy groups -OCH3 is 1. The molecule has 4 N–H and O–H groups in total. The molecule has 1 aliphatic heterocycles. The van der Waals surface area contributed by atoms with Crippen LogP contribution < -0.4 is 4.74 Å². The molecule has 5 atom stereocenters. The molecule has 10 heteroatoms. The first kappa shape index (κ1) is 22.6. The van der Waals surface area contributed by atoms with Crippen molar-refractivity contribution in [1.82, 2.24) is 4.98 Å². The molecule has 0 radical (unpaired) electrons. The molecule has 1 aromatic carbocycles. The number of thiophene rings is 1. The molecule has 0 aliphatic carbocycles. The van der Waals surface area contributed by atoms with Gasteiger partial charge in [0.2, 0.25) is 0 Å². The van der Waals surface area contributed by atoms with E-state index in [2.05, 4.69) is 10.4 Å². The average molecular weight is 484 g/mol. The molecule has 0 amide bonds. The minimum atomic E-state index is -1.48. The number of hydrogen-bond donors (Lipinski definition) is 4. The van der Waals surface area contributed by atoms with Gasteiger partial charge in [0.1, 0.15) is 36.3 Å². The number of ether oxygens (including phenoxy) is 2. The van der Waals surface area contributed by atoms with Gasteiger partial charge in [-0.05, 0) is 34.5 Å². The average Bonchev–Trinajstić information content (AvgIpc) is 3.46. The van der Waals surface area contributed by atoms with E-state index in [1.165, 1.54) is 7.11 Å². The monoisotopic (exact) mass is 483 g/mol. The number of nitrogens with zero attached hydrogens (tertiary/aromatic N) is 1. The Morgan fingerprint density at radius 2 is 2.00 bits per heavy atom. The van der Waals surface area contributed by atoms with Gasteiger partial charge < -0.3 is 29.9 Å². The molecule has 31 heavy (non-hydrogen) atoms. The summed E-state index contributed by atoms with van der Waals surface area (Å²) in [6.45, 7) is -0.505. The van der Waals surface area contributed by atoms with Gasteiger partial charge in [0.25, 0.3) is 0 Å². The van der Waals surface area contributed by atoms with E-state index >= 15 is 0 Å². The predicted octanol–water partition coefficient (Wildman–Crippen LogP) is 2.64. The molecule has 3 heterocycles. The van der Waals surface area contributed by atoms with Crippen molar-refractivity contribution in [3.8, 4) is 16.2 Å². The number of aromatic nitrogens is 1. The fourth-order valence-corrected chi connectivity index (χ4v) is 5.49. The highest BCUT2D eigenvalue weighted by Crippen LogP contribution is 2.40. The second kappa shape index (κ2) is 9.51. The molecule has 0 unspecified atom stereocenters. The quantitative estimate of drug-likeness (QED) is 0.426. The second-order valence-corrected chi connectivity index (χ2v) is 9.54. The Morgan fingerprint density at radius 1 is 1.19 bits per heavy atom. The lowest BCUT2D eigenvalue weighted by molar-refractivity contribution is -0.232. The van der Waals surface area contributed by atoms with Crippen molar-refractivity contribution < 1.29 is 29.9 Å². The first-order valence-electron chi connectivity index (χ1n) is 9.57. The predicted molar refractivity (Wildman–Crippen MR) is 119 cm³/mol. The highest BCUT2D eigenvalue weighted by molar-refractivity contribution is 7.15. The Bertz CT molecular complexity index is 1030. The van der Waals surface area contributed by atoms with Gasteiger partial charge in [-0.1, -0.05) is 11.6 Å². The summed E-state index contributed by atoms with van der Waals surface area (Å²) in [5, 5.41) is 45.7. The molecule has 4 rings (SSSR count). The third kappa shape index (κ3) is 4.50. The van der Waals surface area contributed by atoms with Crippen LogP contribution in [0.1, 0.15) is 22.2 Å². The lowest BCUT2D eigenvalue weighted by Crippen LogP contribution is -2.55. The largest absolute Gasteiger partial charge is 0.496 e. The number of hydrogen-bond acceptors (Lipinski definition) is 9. The number of thiazole rings is 1. The molecule has 2 aromatic heterocycles. The van der Waals surface area contributed by atoms with Gasteiger partial charge in [-0.25, -0.2) is 4.98 Å². The number of aliphatic hydroxyl groups is 4. The molecule has 7 nitrogen and oxygen atoms in total. The zero-order valence-electron chi connectivity index (χ0n) is 16.5. The Kier molecular flexibility index (Phi) is 6.95. The van der Waals surface area contributed by atoms with E-state index in [0.717, 1.165) is 21.0 Å². The highest BCUT2D eigenvalue weighted by atomic mass is 35.5. The van der Waals surface area contributed by atoms with Crippen LogP contribution in [0.3, 0.4) is 0 Å². The third-order valence-electron chi connectivity index (χ3n) is 5.30. The van der Waals surface area contributed by atoms with Crippen LogP contribution in [-0.2, 0) is 11.2 Å². The summed E-state index contributed by atoms with van der Waals surface area (Å²) in [4.78, 5) is 5.57. The minimum absolute atomic E-state index is 0.371. The van der Waals surface area contributed by atoms with E-state index in [1.54, 1.807) is 34.8 Å². The van der Waals surface area contributed by atoms with Gasteiger partial charge in [0, 0.05) is 28.8 Å². The fourth-order valence-electron chi connectivity index (χ4n) is 3.61. The van der Waals surface area contributed by atoms with Crippen LogP contribution in [0.5, 0.6) is 5.75 Å². The van der Waals surface area contributed by atoms with Gasteiger partial charge in [-0.2, -0.15) is 11.3 Å². The summed E-state index contributed by atoms with van der Waals surface area (Å²) in [6.07, 6.45) is -4.06. The number of halogens is 1. The van der Waals surface area contributed by atoms with Crippen LogP contribution in [0.4, 0.5) is 0 Å². The van der Waals surface area contributed by atoms with Gasteiger partial charge in [-0.15, -0.1) is 11.3 Å². The first-order chi connectivity index (χ1) is 14.9. The van der Waals surface area contributed by atoms with Crippen molar-refractivity contribution in [2.75, 3.05) is 13.7 Å².